The summed E-state index contributed by atoms with van der Waals surface area (Å²) in [6.07, 6.45) is 0. The number of urea groups is 1. The lowest BCUT2D eigenvalue weighted by Gasteiger charge is -2.09. The van der Waals surface area contributed by atoms with E-state index >= 15 is 0 Å². The summed E-state index contributed by atoms with van der Waals surface area (Å²) in [6.45, 7) is -3.90. The van der Waals surface area contributed by atoms with Crippen LogP contribution in [0.3, 0.4) is 0 Å². The Bertz CT molecular complexity index is 521. The normalized spacial score (nSPS) is 9.95. The number of carbonyl (C=O) groups excluding carboxylic acids is 3. The lowest BCUT2D eigenvalue weighted by molar-refractivity contribution is -0.123. The number of hydrogen-bond donors (Lipinski definition) is 2. The first-order chi connectivity index (χ1) is 9.40. The molecule has 3 amide bonds. The molecule has 0 saturated carbocycles. The van der Waals surface area contributed by atoms with Gasteiger partial charge in [0.1, 0.15) is 11.3 Å². The van der Waals surface area contributed by atoms with Crippen molar-refractivity contribution in [3.05, 3.63) is 29.8 Å². The fourth-order valence-corrected chi connectivity index (χ4v) is 1.22. The van der Waals surface area contributed by atoms with Gasteiger partial charge in [0.25, 0.3) is 5.91 Å². The molecular formula is C11H10F2N2O5. The maximum Gasteiger partial charge on any atom is 0.387 e. The van der Waals surface area contributed by atoms with Crippen molar-refractivity contribution in [3.8, 4) is 5.75 Å². The summed E-state index contributed by atoms with van der Waals surface area (Å²) >= 11 is 0. The third-order valence-electron chi connectivity index (χ3n) is 1.92. The number of hydrogen-bond acceptors (Lipinski definition) is 5. The Kier molecular flexibility index (Phi) is 5.39. The first-order valence-corrected chi connectivity index (χ1v) is 5.20. The molecule has 1 aromatic carbocycles. The van der Waals surface area contributed by atoms with Crippen LogP contribution in [-0.4, -0.2) is 31.1 Å². The molecular weight excluding hydrogens is 278 g/mol. The molecule has 7 nitrogen and oxygen atoms in total. The van der Waals surface area contributed by atoms with E-state index in [0.29, 0.717) is 0 Å². The molecule has 1 rings (SSSR count). The molecule has 0 fully saturated rings. The number of alkyl halides is 2. The van der Waals surface area contributed by atoms with Crippen LogP contribution in [0.4, 0.5) is 13.6 Å². The van der Waals surface area contributed by atoms with Crippen LogP contribution in [0.1, 0.15) is 10.4 Å². The minimum Gasteiger partial charge on any atom is -0.452 e. The number of para-hydroxylation sites is 1. The van der Waals surface area contributed by atoms with Crippen LogP contribution in [0.2, 0.25) is 0 Å². The molecule has 0 aliphatic rings. The van der Waals surface area contributed by atoms with E-state index in [4.69, 9.17) is 0 Å². The summed E-state index contributed by atoms with van der Waals surface area (Å²) in [6, 6.07) is 4.01. The highest BCUT2D eigenvalue weighted by atomic mass is 19.3. The number of primary amides is 1. The maximum atomic E-state index is 12.1. The Morgan fingerprint density at radius 3 is 2.50 bits per heavy atom. The van der Waals surface area contributed by atoms with Gasteiger partial charge in [-0.3, -0.25) is 10.1 Å². The van der Waals surface area contributed by atoms with Crippen LogP contribution in [0.25, 0.3) is 0 Å². The number of carbonyl (C=O) groups is 3. The maximum absolute atomic E-state index is 12.1. The summed E-state index contributed by atoms with van der Waals surface area (Å²) in [5.41, 5.74) is 4.40. The van der Waals surface area contributed by atoms with E-state index in [9.17, 15) is 23.2 Å². The number of amides is 3. The number of imide groups is 1. The predicted octanol–water partition coefficient (Wildman–Crippen LogP) is 0.640. The van der Waals surface area contributed by atoms with Gasteiger partial charge in [0.15, 0.2) is 6.61 Å². The van der Waals surface area contributed by atoms with Gasteiger partial charge in [0.2, 0.25) is 0 Å². The van der Waals surface area contributed by atoms with Gasteiger partial charge in [0, 0.05) is 0 Å². The molecule has 108 valence electrons. The molecule has 0 saturated heterocycles. The second kappa shape index (κ2) is 7.02. The van der Waals surface area contributed by atoms with Gasteiger partial charge < -0.3 is 15.2 Å². The van der Waals surface area contributed by atoms with Gasteiger partial charge in [-0.15, -0.1) is 0 Å². The molecule has 9 heteroatoms. The van der Waals surface area contributed by atoms with Crippen molar-refractivity contribution in [1.82, 2.24) is 5.32 Å². The van der Waals surface area contributed by atoms with Crippen LogP contribution < -0.4 is 15.8 Å². The Hall–Kier alpha value is -2.71. The molecule has 0 aliphatic carbocycles. The van der Waals surface area contributed by atoms with E-state index in [1.54, 1.807) is 5.32 Å². The van der Waals surface area contributed by atoms with Gasteiger partial charge in [-0.2, -0.15) is 8.78 Å². The Labute approximate surface area is 111 Å². The molecule has 0 heterocycles. The minimum atomic E-state index is -3.11. The van der Waals surface area contributed by atoms with Crippen LogP contribution in [-0.2, 0) is 9.53 Å². The van der Waals surface area contributed by atoms with E-state index in [0.717, 1.165) is 6.07 Å². The van der Waals surface area contributed by atoms with Gasteiger partial charge >= 0.3 is 18.6 Å². The Morgan fingerprint density at radius 2 is 1.90 bits per heavy atom. The zero-order valence-corrected chi connectivity index (χ0v) is 9.97. The number of rotatable bonds is 5. The standard InChI is InChI=1S/C11H10F2N2O5/c12-10(13)20-7-4-2-1-3-6(7)9(17)19-5-8(16)15-11(14)18/h1-4,10H,5H2,(H3,14,15,16,18). The largest absolute Gasteiger partial charge is 0.452 e. The highest BCUT2D eigenvalue weighted by Gasteiger charge is 2.17. The Balaban J connectivity index is 2.68. The van der Waals surface area contributed by atoms with E-state index in [1.807, 2.05) is 0 Å². The van der Waals surface area contributed by atoms with Crippen molar-refractivity contribution < 1.29 is 32.6 Å². The van der Waals surface area contributed by atoms with E-state index in [1.165, 1.54) is 18.2 Å². The molecule has 0 bridgehead atoms. The van der Waals surface area contributed by atoms with E-state index in [2.05, 4.69) is 15.2 Å². The van der Waals surface area contributed by atoms with Crippen LogP contribution in [0.5, 0.6) is 5.75 Å². The SMILES string of the molecule is NC(=O)NC(=O)COC(=O)c1ccccc1OC(F)F. The van der Waals surface area contributed by atoms with Gasteiger partial charge in [-0.25, -0.2) is 9.59 Å². The number of esters is 1. The lowest BCUT2D eigenvalue weighted by Crippen LogP contribution is -2.37. The summed E-state index contributed by atoms with van der Waals surface area (Å²) in [5, 5.41) is 1.67. The Morgan fingerprint density at radius 1 is 1.25 bits per heavy atom. The molecule has 0 unspecified atom stereocenters. The van der Waals surface area contributed by atoms with Crippen molar-refractivity contribution in [3.63, 3.8) is 0 Å². The average Bonchev–Trinajstić information content (AvgIpc) is 2.35. The van der Waals surface area contributed by atoms with Gasteiger partial charge in [0.05, 0.1) is 0 Å². The number of benzene rings is 1. The zero-order chi connectivity index (χ0) is 15.1. The average molecular weight is 288 g/mol. The van der Waals surface area contributed by atoms with E-state index < -0.39 is 31.1 Å². The minimum absolute atomic E-state index is 0.278. The molecule has 0 spiro atoms. The van der Waals surface area contributed by atoms with Crippen molar-refractivity contribution in [1.29, 1.82) is 0 Å². The third kappa shape index (κ3) is 4.88. The highest BCUT2D eigenvalue weighted by molar-refractivity contribution is 5.97. The van der Waals surface area contributed by atoms with Crippen LogP contribution >= 0.6 is 0 Å². The molecule has 0 aliphatic heterocycles. The van der Waals surface area contributed by atoms with Crippen LogP contribution in [0.15, 0.2) is 24.3 Å². The summed E-state index contributed by atoms with van der Waals surface area (Å²) in [5.74, 6) is -2.39. The number of nitrogens with one attached hydrogen (secondary N) is 1. The van der Waals surface area contributed by atoms with Crippen molar-refractivity contribution in [2.24, 2.45) is 5.73 Å². The fourth-order valence-electron chi connectivity index (χ4n) is 1.22. The van der Waals surface area contributed by atoms with E-state index in [-0.39, 0.29) is 11.3 Å². The molecule has 0 radical (unpaired) electrons. The smallest absolute Gasteiger partial charge is 0.387 e. The number of ether oxygens (including phenoxy) is 2. The van der Waals surface area contributed by atoms with Crippen LogP contribution in [0, 0.1) is 0 Å². The lowest BCUT2D eigenvalue weighted by atomic mass is 10.2. The summed E-state index contributed by atoms with van der Waals surface area (Å²) < 4.78 is 32.9. The van der Waals surface area contributed by atoms with Crippen molar-refractivity contribution in [2.45, 2.75) is 6.61 Å². The zero-order valence-electron chi connectivity index (χ0n) is 9.97. The highest BCUT2D eigenvalue weighted by Crippen LogP contribution is 2.20. The number of halogens is 2. The van der Waals surface area contributed by atoms with Crippen molar-refractivity contribution in [2.75, 3.05) is 6.61 Å². The topological polar surface area (TPSA) is 108 Å². The second-order valence-electron chi connectivity index (χ2n) is 3.36. The monoisotopic (exact) mass is 288 g/mol. The van der Waals surface area contributed by atoms with Gasteiger partial charge in [-0.1, -0.05) is 12.1 Å². The third-order valence-corrected chi connectivity index (χ3v) is 1.92. The molecule has 3 N–H and O–H groups in total. The molecule has 20 heavy (non-hydrogen) atoms. The molecule has 0 aromatic heterocycles. The fraction of sp³-hybridized carbons (Fsp3) is 0.182. The molecule has 1 aromatic rings. The molecule has 0 atom stereocenters. The first kappa shape index (κ1) is 15.3. The van der Waals surface area contributed by atoms with Crippen molar-refractivity contribution >= 4 is 17.9 Å². The number of nitrogens with two attached hydrogens (primary N) is 1. The summed E-state index contributed by atoms with van der Waals surface area (Å²) in [4.78, 5) is 33.0. The summed E-state index contributed by atoms with van der Waals surface area (Å²) in [7, 11) is 0. The predicted molar refractivity (Wildman–Crippen MR) is 61.1 cm³/mol. The first-order valence-electron chi connectivity index (χ1n) is 5.20. The second-order valence-corrected chi connectivity index (χ2v) is 3.36. The van der Waals surface area contributed by atoms with Gasteiger partial charge in [-0.05, 0) is 12.1 Å². The quantitative estimate of drug-likeness (QED) is 0.773.